The van der Waals surface area contributed by atoms with Crippen molar-refractivity contribution in [3.05, 3.63) is 23.9 Å². The van der Waals surface area contributed by atoms with Gasteiger partial charge in [0.05, 0.1) is 12.1 Å². The largest absolute Gasteiger partial charge is 0.543 e. The summed E-state index contributed by atoms with van der Waals surface area (Å²) in [5.41, 5.74) is 1.05. The van der Waals surface area contributed by atoms with Gasteiger partial charge in [-0.15, -0.1) is 0 Å². The molecule has 28 heavy (non-hydrogen) atoms. The number of ketones is 1. The minimum absolute atomic E-state index is 0.0416. The van der Waals surface area contributed by atoms with Crippen LogP contribution in [0.2, 0.25) is 18.1 Å². The van der Waals surface area contributed by atoms with E-state index in [4.69, 9.17) is 9.16 Å². The van der Waals surface area contributed by atoms with Crippen LogP contribution in [0.4, 0.5) is 0 Å². The van der Waals surface area contributed by atoms with Gasteiger partial charge >= 0.3 is 5.97 Å². The summed E-state index contributed by atoms with van der Waals surface area (Å²) in [4.78, 5) is 24.2. The summed E-state index contributed by atoms with van der Waals surface area (Å²) in [6, 6.07) is 5.58. The smallest absolute Gasteiger partial charge is 0.327 e. The second kappa shape index (κ2) is 8.07. The van der Waals surface area contributed by atoms with Crippen LogP contribution < -0.4 is 4.43 Å². The van der Waals surface area contributed by atoms with Crippen molar-refractivity contribution in [2.24, 2.45) is 5.92 Å². The molecule has 1 aromatic carbocycles. The highest BCUT2D eigenvalue weighted by molar-refractivity contribution is 6.74. The minimum atomic E-state index is -2.01. The summed E-state index contributed by atoms with van der Waals surface area (Å²) >= 11 is 0. The van der Waals surface area contributed by atoms with Crippen LogP contribution in [-0.2, 0) is 16.1 Å². The van der Waals surface area contributed by atoms with E-state index in [1.807, 2.05) is 32.0 Å². The van der Waals surface area contributed by atoms with Crippen molar-refractivity contribution in [1.82, 2.24) is 9.78 Å². The number of fused-ring (bicyclic) bond motifs is 1. The summed E-state index contributed by atoms with van der Waals surface area (Å²) in [6.07, 6.45) is 0. The number of aromatic nitrogens is 2. The molecular formula is C21H32N2O4Si. The second-order valence-electron chi connectivity index (χ2n) is 9.18. The molecule has 0 aliphatic carbocycles. The van der Waals surface area contributed by atoms with E-state index in [0.717, 1.165) is 5.75 Å². The Morgan fingerprint density at radius 3 is 2.39 bits per heavy atom. The van der Waals surface area contributed by atoms with Crippen molar-refractivity contribution in [2.75, 3.05) is 6.61 Å². The number of carbonyl (C=O) groups excluding carboxylic acids is 2. The quantitative estimate of drug-likeness (QED) is 0.376. The lowest BCUT2D eigenvalue weighted by molar-refractivity contribution is -0.145. The number of esters is 1. The third-order valence-electron chi connectivity index (χ3n) is 5.09. The number of ether oxygens (including phenoxy) is 1. The van der Waals surface area contributed by atoms with Gasteiger partial charge in [-0.2, -0.15) is 5.10 Å². The molecular weight excluding hydrogens is 372 g/mol. The first kappa shape index (κ1) is 22.1. The van der Waals surface area contributed by atoms with Crippen LogP contribution in [0, 0.1) is 5.92 Å². The first-order valence-electron chi connectivity index (χ1n) is 9.68. The number of benzene rings is 1. The summed E-state index contributed by atoms with van der Waals surface area (Å²) in [6.45, 7) is 16.7. The van der Waals surface area contributed by atoms with Crippen molar-refractivity contribution >= 4 is 31.0 Å². The Hall–Kier alpha value is -2.15. The van der Waals surface area contributed by atoms with Crippen molar-refractivity contribution < 1.29 is 18.8 Å². The number of carbonyl (C=O) groups is 2. The molecule has 6 nitrogen and oxygen atoms in total. The topological polar surface area (TPSA) is 70.4 Å². The van der Waals surface area contributed by atoms with E-state index in [9.17, 15) is 9.59 Å². The molecule has 0 aliphatic rings. The van der Waals surface area contributed by atoms with Gasteiger partial charge in [-0.3, -0.25) is 14.3 Å². The number of hydrogen-bond donors (Lipinski definition) is 0. The highest BCUT2D eigenvalue weighted by atomic mass is 28.4. The summed E-state index contributed by atoms with van der Waals surface area (Å²) in [7, 11) is -2.01. The Bertz CT molecular complexity index is 878. The Labute approximate surface area is 168 Å². The van der Waals surface area contributed by atoms with Gasteiger partial charge in [0, 0.05) is 18.4 Å². The van der Waals surface area contributed by atoms with E-state index in [1.54, 1.807) is 0 Å². The number of rotatable bonds is 7. The number of nitrogens with zero attached hydrogens (tertiary/aromatic N) is 2. The normalized spacial score (nSPS) is 12.5. The second-order valence-corrected chi connectivity index (χ2v) is 13.9. The Balaban J connectivity index is 2.41. The maximum absolute atomic E-state index is 12.2. The van der Waals surface area contributed by atoms with E-state index < -0.39 is 8.32 Å². The van der Waals surface area contributed by atoms with Gasteiger partial charge < -0.3 is 9.16 Å². The molecule has 0 saturated heterocycles. The average Bonchev–Trinajstić information content (AvgIpc) is 2.90. The van der Waals surface area contributed by atoms with E-state index in [0.29, 0.717) is 23.2 Å². The molecule has 2 rings (SSSR count). The zero-order valence-electron chi connectivity index (χ0n) is 18.3. The average molecular weight is 405 g/mol. The molecule has 0 fully saturated rings. The summed E-state index contributed by atoms with van der Waals surface area (Å²) in [5, 5.41) is 5.14. The first-order chi connectivity index (χ1) is 12.8. The number of Topliss-reactive ketones (excluding diaryl/α,β-unsaturated/α-hetero) is 1. The third kappa shape index (κ3) is 5.01. The van der Waals surface area contributed by atoms with Crippen molar-refractivity contribution in [3.8, 4) is 5.75 Å². The third-order valence-corrected chi connectivity index (χ3v) is 9.45. The lowest BCUT2D eigenvalue weighted by atomic mass is 10.1. The lowest BCUT2D eigenvalue weighted by Gasteiger charge is -2.36. The Kier molecular flexibility index (Phi) is 6.38. The zero-order valence-corrected chi connectivity index (χ0v) is 19.3. The molecule has 0 amide bonds. The predicted octanol–water partition coefficient (Wildman–Crippen LogP) is 4.82. The van der Waals surface area contributed by atoms with Gasteiger partial charge in [0.1, 0.15) is 18.0 Å². The van der Waals surface area contributed by atoms with Crippen LogP contribution in [0.15, 0.2) is 18.2 Å². The number of hydrogen-bond acceptors (Lipinski definition) is 5. The van der Waals surface area contributed by atoms with Gasteiger partial charge in [0.2, 0.25) is 8.32 Å². The molecule has 1 aromatic heterocycles. The predicted molar refractivity (Wildman–Crippen MR) is 113 cm³/mol. The molecule has 0 unspecified atom stereocenters. The zero-order chi connectivity index (χ0) is 21.3. The maximum atomic E-state index is 12.2. The standard InChI is InChI=1S/C21H32N2O4Si/c1-14(2)13-26-19(25)12-23-18-11-16(27-28(7,8)21(4,5)6)9-10-17(18)20(22-23)15(3)24/h9-11,14H,12-13H2,1-8H3. The van der Waals surface area contributed by atoms with Crippen LogP contribution in [0.1, 0.15) is 52.0 Å². The molecule has 0 bridgehead atoms. The molecule has 1 heterocycles. The monoisotopic (exact) mass is 404 g/mol. The summed E-state index contributed by atoms with van der Waals surface area (Å²) in [5.74, 6) is 0.475. The summed E-state index contributed by atoms with van der Waals surface area (Å²) < 4.78 is 13.2. The van der Waals surface area contributed by atoms with Crippen LogP contribution in [-0.4, -0.2) is 36.5 Å². The minimum Gasteiger partial charge on any atom is -0.543 e. The maximum Gasteiger partial charge on any atom is 0.327 e. The molecule has 154 valence electrons. The highest BCUT2D eigenvalue weighted by Crippen LogP contribution is 2.38. The van der Waals surface area contributed by atoms with Crippen LogP contribution >= 0.6 is 0 Å². The molecule has 0 aliphatic heterocycles. The molecule has 0 N–H and O–H groups in total. The molecule has 2 aromatic rings. The molecule has 0 atom stereocenters. The van der Waals surface area contributed by atoms with E-state index >= 15 is 0 Å². The fourth-order valence-electron chi connectivity index (χ4n) is 2.47. The Morgan fingerprint density at radius 1 is 1.21 bits per heavy atom. The fourth-order valence-corrected chi connectivity index (χ4v) is 3.50. The van der Waals surface area contributed by atoms with Gasteiger partial charge in [-0.1, -0.05) is 34.6 Å². The molecule has 7 heteroatoms. The van der Waals surface area contributed by atoms with E-state index in [1.165, 1.54) is 11.6 Å². The van der Waals surface area contributed by atoms with Gasteiger partial charge in [-0.05, 0) is 36.2 Å². The van der Waals surface area contributed by atoms with Crippen LogP contribution in [0.25, 0.3) is 10.9 Å². The van der Waals surface area contributed by atoms with Gasteiger partial charge in [-0.25, -0.2) is 0 Å². The lowest BCUT2D eigenvalue weighted by Crippen LogP contribution is -2.43. The van der Waals surface area contributed by atoms with Crippen molar-refractivity contribution in [2.45, 2.75) is 66.2 Å². The molecule has 0 saturated carbocycles. The van der Waals surface area contributed by atoms with Crippen molar-refractivity contribution in [1.29, 1.82) is 0 Å². The van der Waals surface area contributed by atoms with Crippen molar-refractivity contribution in [3.63, 3.8) is 0 Å². The van der Waals surface area contributed by atoms with E-state index in [2.05, 4.69) is 39.0 Å². The first-order valence-corrected chi connectivity index (χ1v) is 12.6. The fraction of sp³-hybridized carbons (Fsp3) is 0.571. The molecule has 0 radical (unpaired) electrons. The van der Waals surface area contributed by atoms with Gasteiger partial charge in [0.15, 0.2) is 5.78 Å². The van der Waals surface area contributed by atoms with Gasteiger partial charge in [0.25, 0.3) is 0 Å². The Morgan fingerprint density at radius 2 is 1.86 bits per heavy atom. The van der Waals surface area contributed by atoms with E-state index in [-0.39, 0.29) is 29.3 Å². The highest BCUT2D eigenvalue weighted by Gasteiger charge is 2.39. The SMILES string of the molecule is CC(=O)c1nn(CC(=O)OCC(C)C)c2cc(O[Si](C)(C)C(C)(C)C)ccc12. The van der Waals surface area contributed by atoms with Crippen LogP contribution in [0.5, 0.6) is 5.75 Å². The molecule has 0 spiro atoms. The van der Waals surface area contributed by atoms with Crippen LogP contribution in [0.3, 0.4) is 0 Å².